The first kappa shape index (κ1) is 17.7. The van der Waals surface area contributed by atoms with E-state index >= 15 is 0 Å². The molecule has 1 heterocycles. The van der Waals surface area contributed by atoms with E-state index in [9.17, 15) is 9.59 Å². The van der Waals surface area contributed by atoms with Crippen molar-refractivity contribution < 1.29 is 19.1 Å². The summed E-state index contributed by atoms with van der Waals surface area (Å²) in [6.45, 7) is 8.13. The van der Waals surface area contributed by atoms with Gasteiger partial charge in [0.25, 0.3) is 0 Å². The maximum Gasteiger partial charge on any atom is 0.357 e. The summed E-state index contributed by atoms with van der Waals surface area (Å²) < 4.78 is 11.8. The van der Waals surface area contributed by atoms with E-state index in [-0.39, 0.29) is 12.5 Å². The SMILES string of the molecule is CCOC(=O)c1cc(C)nn1-c1cccc(C(=O)OCC(C)C)c1. The summed E-state index contributed by atoms with van der Waals surface area (Å²) in [7, 11) is 0. The number of esters is 2. The highest BCUT2D eigenvalue weighted by molar-refractivity contribution is 5.91. The summed E-state index contributed by atoms with van der Waals surface area (Å²) in [4.78, 5) is 24.2. The monoisotopic (exact) mass is 330 g/mol. The number of carbonyl (C=O) groups excluding carboxylic acids is 2. The lowest BCUT2D eigenvalue weighted by Gasteiger charge is -2.10. The number of hydrogen-bond donors (Lipinski definition) is 0. The fourth-order valence-corrected chi connectivity index (χ4v) is 2.14. The minimum atomic E-state index is -0.453. The number of carbonyl (C=O) groups is 2. The number of nitrogens with zero attached hydrogens (tertiary/aromatic N) is 2. The van der Waals surface area contributed by atoms with Crippen molar-refractivity contribution in [3.05, 3.63) is 47.3 Å². The van der Waals surface area contributed by atoms with E-state index in [2.05, 4.69) is 5.10 Å². The van der Waals surface area contributed by atoms with Crippen LogP contribution in [0.3, 0.4) is 0 Å². The Morgan fingerprint density at radius 1 is 1.17 bits per heavy atom. The molecule has 0 saturated heterocycles. The molecule has 0 saturated carbocycles. The highest BCUT2D eigenvalue weighted by Crippen LogP contribution is 2.16. The van der Waals surface area contributed by atoms with Crippen LogP contribution in [0.4, 0.5) is 0 Å². The van der Waals surface area contributed by atoms with Crippen molar-refractivity contribution in [3.8, 4) is 5.69 Å². The van der Waals surface area contributed by atoms with Crippen LogP contribution >= 0.6 is 0 Å². The van der Waals surface area contributed by atoms with Gasteiger partial charge in [-0.25, -0.2) is 14.3 Å². The zero-order chi connectivity index (χ0) is 17.7. The molecule has 0 N–H and O–H groups in total. The van der Waals surface area contributed by atoms with Crippen molar-refractivity contribution in [2.75, 3.05) is 13.2 Å². The van der Waals surface area contributed by atoms with Crippen molar-refractivity contribution >= 4 is 11.9 Å². The highest BCUT2D eigenvalue weighted by atomic mass is 16.5. The molecule has 0 aliphatic carbocycles. The smallest absolute Gasteiger partial charge is 0.357 e. The number of aryl methyl sites for hydroxylation is 1. The Hall–Kier alpha value is -2.63. The third-order valence-corrected chi connectivity index (χ3v) is 3.19. The van der Waals surface area contributed by atoms with Gasteiger partial charge in [0.05, 0.1) is 30.2 Å². The summed E-state index contributed by atoms with van der Waals surface area (Å²) in [5.41, 5.74) is 2.02. The lowest BCUT2D eigenvalue weighted by atomic mass is 10.2. The van der Waals surface area contributed by atoms with Crippen LogP contribution in [0.1, 0.15) is 47.3 Å². The van der Waals surface area contributed by atoms with E-state index in [0.29, 0.717) is 29.2 Å². The third-order valence-electron chi connectivity index (χ3n) is 3.19. The van der Waals surface area contributed by atoms with Gasteiger partial charge in [-0.15, -0.1) is 0 Å². The maximum absolute atomic E-state index is 12.1. The van der Waals surface area contributed by atoms with Gasteiger partial charge in [0.15, 0.2) is 5.69 Å². The summed E-state index contributed by atoms with van der Waals surface area (Å²) >= 11 is 0. The van der Waals surface area contributed by atoms with Crippen molar-refractivity contribution in [3.63, 3.8) is 0 Å². The molecule has 6 nitrogen and oxygen atoms in total. The van der Waals surface area contributed by atoms with E-state index in [1.165, 1.54) is 4.68 Å². The molecule has 24 heavy (non-hydrogen) atoms. The lowest BCUT2D eigenvalue weighted by molar-refractivity contribution is 0.0458. The van der Waals surface area contributed by atoms with Gasteiger partial charge in [0, 0.05) is 0 Å². The number of benzene rings is 1. The van der Waals surface area contributed by atoms with E-state index in [0.717, 1.165) is 0 Å². The molecule has 0 amide bonds. The first-order valence-corrected chi connectivity index (χ1v) is 7.93. The molecule has 0 bridgehead atoms. The van der Waals surface area contributed by atoms with Crippen LogP contribution < -0.4 is 0 Å². The zero-order valence-corrected chi connectivity index (χ0v) is 14.4. The van der Waals surface area contributed by atoms with Gasteiger partial charge in [-0.05, 0) is 44.0 Å². The van der Waals surface area contributed by atoms with Gasteiger partial charge < -0.3 is 9.47 Å². The molecule has 0 unspecified atom stereocenters. The minimum Gasteiger partial charge on any atom is -0.462 e. The van der Waals surface area contributed by atoms with Crippen LogP contribution in [0, 0.1) is 12.8 Å². The molecule has 1 aromatic carbocycles. The van der Waals surface area contributed by atoms with Gasteiger partial charge in [0.2, 0.25) is 0 Å². The van der Waals surface area contributed by atoms with Crippen molar-refractivity contribution in [1.82, 2.24) is 9.78 Å². The zero-order valence-electron chi connectivity index (χ0n) is 14.4. The average molecular weight is 330 g/mol. The number of hydrogen-bond acceptors (Lipinski definition) is 5. The van der Waals surface area contributed by atoms with Gasteiger partial charge >= 0.3 is 11.9 Å². The Labute approximate surface area is 141 Å². The minimum absolute atomic E-state index is 0.265. The third kappa shape index (κ3) is 4.22. The second-order valence-electron chi connectivity index (χ2n) is 5.85. The molecule has 0 spiro atoms. The molecular weight excluding hydrogens is 308 g/mol. The number of rotatable bonds is 6. The molecule has 0 aliphatic rings. The highest BCUT2D eigenvalue weighted by Gasteiger charge is 2.17. The summed E-state index contributed by atoms with van der Waals surface area (Å²) in [6, 6.07) is 8.48. The Balaban J connectivity index is 2.32. The molecule has 128 valence electrons. The first-order valence-electron chi connectivity index (χ1n) is 7.93. The molecular formula is C18H22N2O4. The normalized spacial score (nSPS) is 10.7. The van der Waals surface area contributed by atoms with Crippen LogP contribution in [0.15, 0.2) is 30.3 Å². The Kier molecular flexibility index (Phi) is 5.73. The van der Waals surface area contributed by atoms with E-state index in [1.54, 1.807) is 44.2 Å². The average Bonchev–Trinajstić information content (AvgIpc) is 2.95. The predicted molar refractivity (Wildman–Crippen MR) is 89.4 cm³/mol. The standard InChI is InChI=1S/C18H22N2O4/c1-5-23-18(22)16-9-13(4)19-20(16)15-8-6-7-14(10-15)17(21)24-11-12(2)3/h6-10,12H,5,11H2,1-4H3. The van der Waals surface area contributed by atoms with Crippen LogP contribution in [0.5, 0.6) is 0 Å². The number of ether oxygens (including phenoxy) is 2. The number of aromatic nitrogens is 2. The van der Waals surface area contributed by atoms with Gasteiger partial charge in [-0.2, -0.15) is 5.10 Å². The largest absolute Gasteiger partial charge is 0.462 e. The van der Waals surface area contributed by atoms with Gasteiger partial charge in [-0.1, -0.05) is 19.9 Å². The topological polar surface area (TPSA) is 70.4 Å². The first-order chi connectivity index (χ1) is 11.4. The van der Waals surface area contributed by atoms with E-state index in [1.807, 2.05) is 13.8 Å². The van der Waals surface area contributed by atoms with Gasteiger partial charge in [0.1, 0.15) is 0 Å². The second kappa shape index (κ2) is 7.77. The molecule has 2 rings (SSSR count). The Morgan fingerprint density at radius 2 is 1.92 bits per heavy atom. The fraction of sp³-hybridized carbons (Fsp3) is 0.389. The van der Waals surface area contributed by atoms with E-state index < -0.39 is 11.9 Å². The second-order valence-corrected chi connectivity index (χ2v) is 5.85. The van der Waals surface area contributed by atoms with Crippen molar-refractivity contribution in [2.45, 2.75) is 27.7 Å². The lowest BCUT2D eigenvalue weighted by Crippen LogP contribution is -2.13. The molecule has 6 heteroatoms. The van der Waals surface area contributed by atoms with Crippen LogP contribution in [0.25, 0.3) is 5.69 Å². The molecule has 2 aromatic rings. The molecule has 0 radical (unpaired) electrons. The molecule has 0 aliphatic heterocycles. The summed E-state index contributed by atoms with van der Waals surface area (Å²) in [5, 5.41) is 4.32. The van der Waals surface area contributed by atoms with Crippen molar-refractivity contribution in [1.29, 1.82) is 0 Å². The maximum atomic E-state index is 12.1. The Bertz CT molecular complexity index is 734. The predicted octanol–water partition coefficient (Wildman–Crippen LogP) is 3.17. The van der Waals surface area contributed by atoms with Crippen LogP contribution in [-0.4, -0.2) is 34.9 Å². The summed E-state index contributed by atoms with van der Waals surface area (Å²) in [6.07, 6.45) is 0. The van der Waals surface area contributed by atoms with Crippen LogP contribution in [0.2, 0.25) is 0 Å². The molecule has 1 aromatic heterocycles. The van der Waals surface area contributed by atoms with E-state index in [4.69, 9.17) is 9.47 Å². The summed E-state index contributed by atoms with van der Waals surface area (Å²) in [5.74, 6) is -0.584. The molecule has 0 fully saturated rings. The van der Waals surface area contributed by atoms with Crippen molar-refractivity contribution in [2.24, 2.45) is 5.92 Å². The molecule has 0 atom stereocenters. The van der Waals surface area contributed by atoms with Crippen LogP contribution in [-0.2, 0) is 9.47 Å². The van der Waals surface area contributed by atoms with Gasteiger partial charge in [-0.3, -0.25) is 0 Å². The fourth-order valence-electron chi connectivity index (χ4n) is 2.14. The quantitative estimate of drug-likeness (QED) is 0.761. The Morgan fingerprint density at radius 3 is 2.58 bits per heavy atom.